The fraction of sp³-hybridized carbons (Fsp3) is 0.615. The number of carboxylic acid groups (broad SMARTS) is 1. The summed E-state index contributed by atoms with van der Waals surface area (Å²) >= 11 is 0. The quantitative estimate of drug-likeness (QED) is 0.514. The fourth-order valence-corrected chi connectivity index (χ4v) is 4.86. The summed E-state index contributed by atoms with van der Waals surface area (Å²) in [5.74, 6) is -1.74. The molecule has 3 aliphatic heterocycles. The number of imide groups is 1. The summed E-state index contributed by atoms with van der Waals surface area (Å²) in [5.41, 5.74) is 1.87. The molecule has 1 aromatic carbocycles. The van der Waals surface area contributed by atoms with Crippen molar-refractivity contribution in [2.45, 2.75) is 71.7 Å². The van der Waals surface area contributed by atoms with Crippen LogP contribution in [-0.2, 0) is 20.9 Å². The zero-order valence-electron chi connectivity index (χ0n) is 22.6. The van der Waals surface area contributed by atoms with E-state index < -0.39 is 23.5 Å². The lowest BCUT2D eigenvalue weighted by Crippen LogP contribution is -2.60. The summed E-state index contributed by atoms with van der Waals surface area (Å²) in [6.45, 7) is 11.9. The van der Waals surface area contributed by atoms with Crippen LogP contribution < -0.4 is 20.4 Å². The van der Waals surface area contributed by atoms with Gasteiger partial charge in [-0.3, -0.25) is 14.9 Å². The Morgan fingerprint density at radius 3 is 2.46 bits per heavy atom. The number of amides is 3. The average molecular weight is 518 g/mol. The molecule has 0 bridgehead atoms. The zero-order valence-corrected chi connectivity index (χ0v) is 22.6. The molecule has 0 aliphatic carbocycles. The van der Waals surface area contributed by atoms with Gasteiger partial charge in [-0.1, -0.05) is 13.8 Å². The van der Waals surface area contributed by atoms with Gasteiger partial charge in [0.25, 0.3) is 0 Å². The van der Waals surface area contributed by atoms with Gasteiger partial charge in [0.05, 0.1) is 29.0 Å². The minimum atomic E-state index is -1.04. The third-order valence-electron chi connectivity index (χ3n) is 6.55. The predicted molar refractivity (Wildman–Crippen MR) is 140 cm³/mol. The predicted octanol–water partition coefficient (Wildman–Crippen LogP) is 2.18. The Kier molecular flexibility index (Phi) is 8.68. The van der Waals surface area contributed by atoms with Crippen LogP contribution >= 0.6 is 0 Å². The number of piperidine rings is 1. The molecule has 3 heterocycles. The highest BCUT2D eigenvalue weighted by Crippen LogP contribution is 2.38. The summed E-state index contributed by atoms with van der Waals surface area (Å²) in [6.07, 6.45) is 0.282. The van der Waals surface area contributed by atoms with Crippen LogP contribution in [0, 0.1) is 0 Å². The zero-order chi connectivity index (χ0) is 27.5. The number of carboxylic acids is 1. The van der Waals surface area contributed by atoms with E-state index in [1.54, 1.807) is 11.0 Å². The first kappa shape index (κ1) is 28.2. The van der Waals surface area contributed by atoms with E-state index in [0.717, 1.165) is 11.4 Å². The molecule has 2 saturated heterocycles. The summed E-state index contributed by atoms with van der Waals surface area (Å²) in [4.78, 5) is 54.1. The molecule has 0 spiro atoms. The van der Waals surface area contributed by atoms with E-state index in [2.05, 4.69) is 15.5 Å². The second kappa shape index (κ2) is 11.4. The van der Waals surface area contributed by atoms with E-state index in [4.69, 9.17) is 4.74 Å². The van der Waals surface area contributed by atoms with Crippen LogP contribution in [0.3, 0.4) is 0 Å². The number of hydrogen-bond acceptors (Lipinski definition) is 8. The summed E-state index contributed by atoms with van der Waals surface area (Å²) in [5, 5.41) is 15.3. The number of fused-ring (bicyclic) bond motifs is 3. The van der Waals surface area contributed by atoms with Crippen LogP contribution in [0.1, 0.15) is 63.4 Å². The van der Waals surface area contributed by atoms with Crippen LogP contribution in [0.5, 0.6) is 0 Å². The first-order chi connectivity index (χ1) is 17.4. The van der Waals surface area contributed by atoms with Crippen molar-refractivity contribution in [1.82, 2.24) is 15.5 Å². The molecule has 0 radical (unpaired) electrons. The number of anilines is 2. The van der Waals surface area contributed by atoms with E-state index in [9.17, 15) is 24.3 Å². The first-order valence-corrected chi connectivity index (χ1v) is 12.9. The van der Waals surface area contributed by atoms with Gasteiger partial charge in [-0.15, -0.1) is 0 Å². The van der Waals surface area contributed by atoms with Gasteiger partial charge in [-0.05, 0) is 44.9 Å². The van der Waals surface area contributed by atoms with Crippen LogP contribution in [0.2, 0.25) is 0 Å². The average Bonchev–Trinajstić information content (AvgIpc) is 2.83. The molecule has 0 aromatic heterocycles. The molecule has 11 heteroatoms. The molecule has 3 amide bonds. The van der Waals surface area contributed by atoms with E-state index in [1.165, 1.54) is 0 Å². The van der Waals surface area contributed by atoms with Crippen molar-refractivity contribution in [1.29, 1.82) is 0 Å². The monoisotopic (exact) mass is 517 g/mol. The summed E-state index contributed by atoms with van der Waals surface area (Å²) < 4.78 is 5.55. The number of nitrogens with one attached hydrogen (secondary N) is 2. The van der Waals surface area contributed by atoms with Gasteiger partial charge in [0.15, 0.2) is 0 Å². The van der Waals surface area contributed by atoms with Crippen molar-refractivity contribution in [3.63, 3.8) is 0 Å². The number of piperazine rings is 1. The minimum absolute atomic E-state index is 0.0281. The molecular formula is C26H39N5O6. The molecular weight excluding hydrogens is 478 g/mol. The van der Waals surface area contributed by atoms with Crippen molar-refractivity contribution >= 4 is 35.3 Å². The number of carbonyl (C=O) groups excluding carboxylic acids is 3. The number of hydrogen-bond donors (Lipinski definition) is 3. The topological polar surface area (TPSA) is 132 Å². The number of aromatic carboxylic acids is 1. The van der Waals surface area contributed by atoms with Crippen LogP contribution in [0.15, 0.2) is 12.1 Å². The van der Waals surface area contributed by atoms with Gasteiger partial charge in [-0.2, -0.15) is 0 Å². The van der Waals surface area contributed by atoms with Crippen molar-refractivity contribution in [2.75, 3.05) is 43.0 Å². The maximum Gasteiger partial charge on any atom is 0.410 e. The summed E-state index contributed by atoms with van der Waals surface area (Å²) in [6, 6.07) is 3.01. The number of rotatable bonds is 4. The number of carbonyl (C=O) groups is 4. The second-order valence-corrected chi connectivity index (χ2v) is 10.3. The van der Waals surface area contributed by atoms with Crippen molar-refractivity contribution < 1.29 is 29.0 Å². The fourth-order valence-electron chi connectivity index (χ4n) is 4.86. The molecule has 1 aromatic rings. The number of likely N-dealkylation sites (N-methyl/N-ethyl adjacent to an activating group) is 1. The van der Waals surface area contributed by atoms with Crippen LogP contribution in [0.25, 0.3) is 0 Å². The van der Waals surface area contributed by atoms with Gasteiger partial charge >= 0.3 is 12.1 Å². The molecule has 2 unspecified atom stereocenters. The second-order valence-electron chi connectivity index (χ2n) is 10.3. The molecule has 11 nitrogen and oxygen atoms in total. The van der Waals surface area contributed by atoms with Crippen LogP contribution in [-0.4, -0.2) is 84.8 Å². The molecule has 3 aliphatic rings. The Morgan fingerprint density at radius 2 is 1.84 bits per heavy atom. The Labute approximate surface area is 218 Å². The van der Waals surface area contributed by atoms with E-state index >= 15 is 0 Å². The maximum atomic E-state index is 12.6. The van der Waals surface area contributed by atoms with E-state index in [1.807, 2.05) is 52.6 Å². The third-order valence-corrected chi connectivity index (χ3v) is 6.55. The lowest BCUT2D eigenvalue weighted by molar-refractivity contribution is -0.134. The van der Waals surface area contributed by atoms with Gasteiger partial charge in [0.2, 0.25) is 11.8 Å². The number of nitrogens with zero attached hydrogens (tertiary/aromatic N) is 3. The largest absolute Gasteiger partial charge is 0.478 e. The first-order valence-electron chi connectivity index (χ1n) is 12.9. The molecule has 37 heavy (non-hydrogen) atoms. The standard InChI is InChI=1S/C24H33N5O6.C2H6/c1-24(2,3)35-23(34)28-7-8-29-15(13-28)12-27(4)18-10-16(22(32)33)14(9-19(18)29)11-25-17-5-6-20(30)26-21(17)31;1-2/h9-10,15,17,25H,5-8,11-13H2,1-4H3,(H,32,33)(H,26,30,31);1-2H3. The van der Waals surface area contributed by atoms with Crippen molar-refractivity contribution in [3.05, 3.63) is 23.3 Å². The van der Waals surface area contributed by atoms with Gasteiger partial charge in [0, 0.05) is 46.2 Å². The highest BCUT2D eigenvalue weighted by molar-refractivity contribution is 6.00. The molecule has 2 fully saturated rings. The maximum absolute atomic E-state index is 12.6. The Balaban J connectivity index is 0.00000186. The Bertz CT molecular complexity index is 1050. The third kappa shape index (κ3) is 6.51. The molecule has 3 N–H and O–H groups in total. The highest BCUT2D eigenvalue weighted by Gasteiger charge is 2.37. The normalized spacial score (nSPS) is 21.3. The number of ether oxygens (including phenoxy) is 1. The van der Waals surface area contributed by atoms with Crippen molar-refractivity contribution in [2.24, 2.45) is 0 Å². The SMILES string of the molecule is CC.CN1CC2CN(C(=O)OC(C)(C)C)CCN2c2cc(CNC3CCC(=O)NC3=O)c(C(=O)O)cc21. The number of benzene rings is 1. The molecule has 2 atom stereocenters. The Hall–Kier alpha value is -3.34. The van der Waals surface area contributed by atoms with Gasteiger partial charge in [0.1, 0.15) is 5.60 Å². The lowest BCUT2D eigenvalue weighted by atomic mass is 9.98. The van der Waals surface area contributed by atoms with Gasteiger partial charge < -0.3 is 29.9 Å². The van der Waals surface area contributed by atoms with E-state index in [0.29, 0.717) is 38.2 Å². The van der Waals surface area contributed by atoms with Crippen LogP contribution in [0.4, 0.5) is 16.2 Å². The van der Waals surface area contributed by atoms with Crippen molar-refractivity contribution in [3.8, 4) is 0 Å². The highest BCUT2D eigenvalue weighted by atomic mass is 16.6. The summed E-state index contributed by atoms with van der Waals surface area (Å²) in [7, 11) is 1.91. The lowest BCUT2D eigenvalue weighted by Gasteiger charge is -2.49. The molecule has 204 valence electrons. The molecule has 0 saturated carbocycles. The van der Waals surface area contributed by atoms with E-state index in [-0.39, 0.29) is 36.6 Å². The minimum Gasteiger partial charge on any atom is -0.478 e. The Morgan fingerprint density at radius 1 is 1.14 bits per heavy atom. The molecule has 4 rings (SSSR count). The smallest absolute Gasteiger partial charge is 0.410 e. The van der Waals surface area contributed by atoms with Gasteiger partial charge in [-0.25, -0.2) is 9.59 Å².